The van der Waals surface area contributed by atoms with Crippen molar-refractivity contribution < 1.29 is 5.11 Å². The summed E-state index contributed by atoms with van der Waals surface area (Å²) in [6.07, 6.45) is 5.21. The number of hydrogen-bond acceptors (Lipinski definition) is 2. The van der Waals surface area contributed by atoms with Crippen LogP contribution in [-0.2, 0) is 5.60 Å². The minimum Gasteiger partial charge on any atom is -0.384 e. The summed E-state index contributed by atoms with van der Waals surface area (Å²) in [7, 11) is 0. The Morgan fingerprint density at radius 1 is 1.06 bits per heavy atom. The van der Waals surface area contributed by atoms with Crippen LogP contribution in [0.4, 0.5) is 0 Å². The number of β-amino-alcohol motifs (C(OH)–C–C–N with tert-alkyl or cyclic N) is 1. The highest BCUT2D eigenvalue weighted by Crippen LogP contribution is 2.23. The number of likely N-dealkylation sites (tertiary alicyclic amines) is 1. The molecule has 0 aliphatic carbocycles. The van der Waals surface area contributed by atoms with Gasteiger partial charge >= 0.3 is 0 Å². The van der Waals surface area contributed by atoms with E-state index in [2.05, 4.69) is 4.90 Å². The van der Waals surface area contributed by atoms with E-state index < -0.39 is 5.60 Å². The molecule has 0 aromatic heterocycles. The minimum absolute atomic E-state index is 0.731. The molecule has 0 bridgehead atoms. The van der Waals surface area contributed by atoms with Crippen molar-refractivity contribution in [1.29, 1.82) is 0 Å². The number of aliphatic hydroxyl groups is 1. The van der Waals surface area contributed by atoms with E-state index in [1.54, 1.807) is 0 Å². The molecule has 1 aliphatic rings. The molecule has 0 amide bonds. The van der Waals surface area contributed by atoms with Crippen molar-refractivity contribution >= 4 is 0 Å². The second kappa shape index (κ2) is 5.65. The quantitative estimate of drug-likeness (QED) is 0.867. The van der Waals surface area contributed by atoms with E-state index in [0.717, 1.165) is 25.2 Å². The van der Waals surface area contributed by atoms with Crippen LogP contribution in [0, 0.1) is 0 Å². The molecule has 1 saturated heterocycles. The lowest BCUT2D eigenvalue weighted by Gasteiger charge is -2.31. The second-order valence-electron chi connectivity index (χ2n) is 5.33. The zero-order chi connectivity index (χ0) is 12.1. The predicted octanol–water partition coefficient (Wildman–Crippen LogP) is 2.77. The average Bonchev–Trinajstić information content (AvgIpc) is 2.58. The minimum atomic E-state index is -0.731. The maximum atomic E-state index is 10.6. The number of nitrogens with zero attached hydrogens (tertiary/aromatic N) is 1. The highest BCUT2D eigenvalue weighted by molar-refractivity contribution is 5.21. The molecule has 1 aliphatic heterocycles. The maximum absolute atomic E-state index is 10.6. The largest absolute Gasteiger partial charge is 0.384 e. The van der Waals surface area contributed by atoms with Gasteiger partial charge in [-0.2, -0.15) is 0 Å². The Morgan fingerprint density at radius 3 is 2.24 bits per heavy atom. The van der Waals surface area contributed by atoms with Crippen LogP contribution in [0.2, 0.25) is 0 Å². The molecular formula is C15H23NO. The van der Waals surface area contributed by atoms with Crippen LogP contribution >= 0.6 is 0 Å². The second-order valence-corrected chi connectivity index (χ2v) is 5.33. The van der Waals surface area contributed by atoms with Gasteiger partial charge in [-0.3, -0.25) is 0 Å². The summed E-state index contributed by atoms with van der Waals surface area (Å²) in [4.78, 5) is 2.40. The third-order valence-corrected chi connectivity index (χ3v) is 3.63. The Balaban J connectivity index is 2.01. The zero-order valence-electron chi connectivity index (χ0n) is 10.7. The van der Waals surface area contributed by atoms with Gasteiger partial charge in [0.2, 0.25) is 0 Å². The number of rotatable bonds is 3. The van der Waals surface area contributed by atoms with Crippen LogP contribution in [0.15, 0.2) is 30.3 Å². The molecule has 2 rings (SSSR count). The Hall–Kier alpha value is -0.860. The summed E-state index contributed by atoms with van der Waals surface area (Å²) in [5, 5.41) is 10.6. The lowest BCUT2D eigenvalue weighted by Crippen LogP contribution is -2.39. The highest BCUT2D eigenvalue weighted by atomic mass is 16.3. The zero-order valence-corrected chi connectivity index (χ0v) is 10.7. The third kappa shape index (κ3) is 3.55. The van der Waals surface area contributed by atoms with E-state index in [1.165, 1.54) is 25.7 Å². The number of hydrogen-bond donors (Lipinski definition) is 1. The van der Waals surface area contributed by atoms with Crippen molar-refractivity contribution in [3.63, 3.8) is 0 Å². The van der Waals surface area contributed by atoms with Gasteiger partial charge in [-0.05, 0) is 38.4 Å². The van der Waals surface area contributed by atoms with Gasteiger partial charge in [-0.1, -0.05) is 43.2 Å². The van der Waals surface area contributed by atoms with Crippen LogP contribution < -0.4 is 0 Å². The standard InChI is InChI=1S/C15H23NO/c1-15(17,14-9-5-4-6-10-14)13-16-11-7-2-3-8-12-16/h4-6,9-10,17H,2-3,7-8,11-13H2,1H3. The van der Waals surface area contributed by atoms with Gasteiger partial charge in [0.15, 0.2) is 0 Å². The normalized spacial score (nSPS) is 21.8. The fourth-order valence-corrected chi connectivity index (χ4v) is 2.62. The van der Waals surface area contributed by atoms with Crippen molar-refractivity contribution in [3.8, 4) is 0 Å². The predicted molar refractivity (Wildman–Crippen MR) is 70.9 cm³/mol. The Kier molecular flexibility index (Phi) is 4.19. The van der Waals surface area contributed by atoms with E-state index in [9.17, 15) is 5.11 Å². The SMILES string of the molecule is CC(O)(CN1CCCCCC1)c1ccccc1. The molecule has 94 valence electrons. The molecule has 1 heterocycles. The lowest BCUT2D eigenvalue weighted by molar-refractivity contribution is 0.0168. The Morgan fingerprint density at radius 2 is 1.65 bits per heavy atom. The van der Waals surface area contributed by atoms with E-state index >= 15 is 0 Å². The van der Waals surface area contributed by atoms with E-state index in [1.807, 2.05) is 37.3 Å². The molecule has 17 heavy (non-hydrogen) atoms. The van der Waals surface area contributed by atoms with Crippen molar-refractivity contribution in [2.75, 3.05) is 19.6 Å². The molecular weight excluding hydrogens is 210 g/mol. The fraction of sp³-hybridized carbons (Fsp3) is 0.600. The van der Waals surface area contributed by atoms with Crippen molar-refractivity contribution in [2.45, 2.75) is 38.2 Å². The molecule has 1 atom stereocenters. The van der Waals surface area contributed by atoms with Gasteiger partial charge in [0, 0.05) is 6.54 Å². The highest BCUT2D eigenvalue weighted by Gasteiger charge is 2.26. The molecule has 2 heteroatoms. The summed E-state index contributed by atoms with van der Waals surface area (Å²) < 4.78 is 0. The Labute approximate surface area is 104 Å². The molecule has 1 aromatic rings. The first-order chi connectivity index (χ1) is 8.18. The number of benzene rings is 1. The average molecular weight is 233 g/mol. The Bertz CT molecular complexity index is 326. The first-order valence-electron chi connectivity index (χ1n) is 6.69. The summed E-state index contributed by atoms with van der Waals surface area (Å²) in [6.45, 7) is 4.93. The van der Waals surface area contributed by atoms with E-state index in [0.29, 0.717) is 0 Å². The van der Waals surface area contributed by atoms with Gasteiger partial charge in [-0.15, -0.1) is 0 Å². The summed E-state index contributed by atoms with van der Waals surface area (Å²) in [5.74, 6) is 0. The molecule has 2 nitrogen and oxygen atoms in total. The van der Waals surface area contributed by atoms with Crippen LogP contribution in [0.1, 0.15) is 38.2 Å². The maximum Gasteiger partial charge on any atom is 0.0994 e. The third-order valence-electron chi connectivity index (χ3n) is 3.63. The summed E-state index contributed by atoms with van der Waals surface area (Å²) in [5.41, 5.74) is 0.287. The first kappa shape index (κ1) is 12.6. The molecule has 0 spiro atoms. The van der Waals surface area contributed by atoms with Crippen LogP contribution in [0.25, 0.3) is 0 Å². The summed E-state index contributed by atoms with van der Waals surface area (Å²) in [6, 6.07) is 10.00. The molecule has 1 N–H and O–H groups in total. The first-order valence-corrected chi connectivity index (χ1v) is 6.69. The molecule has 1 aromatic carbocycles. The monoisotopic (exact) mass is 233 g/mol. The van der Waals surface area contributed by atoms with Gasteiger partial charge in [0.25, 0.3) is 0 Å². The van der Waals surface area contributed by atoms with Gasteiger partial charge in [-0.25, -0.2) is 0 Å². The van der Waals surface area contributed by atoms with Crippen LogP contribution in [-0.4, -0.2) is 29.6 Å². The molecule has 0 radical (unpaired) electrons. The summed E-state index contributed by atoms with van der Waals surface area (Å²) >= 11 is 0. The van der Waals surface area contributed by atoms with Gasteiger partial charge in [0.1, 0.15) is 0 Å². The molecule has 1 fully saturated rings. The smallest absolute Gasteiger partial charge is 0.0994 e. The van der Waals surface area contributed by atoms with Crippen LogP contribution in [0.3, 0.4) is 0 Å². The van der Waals surface area contributed by atoms with Gasteiger partial charge < -0.3 is 10.0 Å². The molecule has 1 unspecified atom stereocenters. The van der Waals surface area contributed by atoms with Gasteiger partial charge in [0.05, 0.1) is 5.60 Å². The topological polar surface area (TPSA) is 23.5 Å². The fourth-order valence-electron chi connectivity index (χ4n) is 2.62. The van der Waals surface area contributed by atoms with E-state index in [-0.39, 0.29) is 0 Å². The molecule has 0 saturated carbocycles. The lowest BCUT2D eigenvalue weighted by atomic mass is 9.95. The van der Waals surface area contributed by atoms with Crippen LogP contribution in [0.5, 0.6) is 0 Å². The van der Waals surface area contributed by atoms with Crippen molar-refractivity contribution in [3.05, 3.63) is 35.9 Å². The van der Waals surface area contributed by atoms with Crippen molar-refractivity contribution in [1.82, 2.24) is 4.90 Å². The van der Waals surface area contributed by atoms with E-state index in [4.69, 9.17) is 0 Å². The van der Waals surface area contributed by atoms with Crippen molar-refractivity contribution in [2.24, 2.45) is 0 Å².